The Hall–Kier alpha value is -2.73. The highest BCUT2D eigenvalue weighted by Gasteiger charge is 2.19. The Kier molecular flexibility index (Phi) is 6.86. The first-order valence-electron chi connectivity index (χ1n) is 8.07. The fourth-order valence-corrected chi connectivity index (χ4v) is 2.20. The zero-order valence-electron chi connectivity index (χ0n) is 14.5. The largest absolute Gasteiger partial charge is 0.453 e. The summed E-state index contributed by atoms with van der Waals surface area (Å²) >= 11 is 5.72. The number of aromatic nitrogens is 1. The molecule has 0 radical (unpaired) electrons. The molecule has 1 unspecified atom stereocenters. The number of nitrogens with one attached hydrogen (secondary N) is 1. The molecule has 1 heterocycles. The molecule has 0 aliphatic rings. The molecule has 1 aromatic carbocycles. The smallest absolute Gasteiger partial charge is 0.307 e. The van der Waals surface area contributed by atoms with Gasteiger partial charge in [0.2, 0.25) is 0 Å². The topological polar surface area (TPSA) is 85.4 Å². The Labute approximate surface area is 156 Å². The van der Waals surface area contributed by atoms with Gasteiger partial charge in [-0.1, -0.05) is 41.4 Å². The number of Topliss-reactive ketones (excluding diaryl/α,β-unsaturated/α-hetero) is 1. The predicted octanol–water partition coefficient (Wildman–Crippen LogP) is 3.58. The van der Waals surface area contributed by atoms with Gasteiger partial charge in [-0.3, -0.25) is 14.4 Å². The SMILES string of the molecule is Cc1ccc(C(=O)CCC(=O)OC(C)C(=O)Nc2ccc(Cl)cn2)cc1. The van der Waals surface area contributed by atoms with Gasteiger partial charge in [-0.05, 0) is 26.0 Å². The highest BCUT2D eigenvalue weighted by atomic mass is 35.5. The molecule has 1 atom stereocenters. The fraction of sp³-hybridized carbons (Fsp3) is 0.263. The number of amides is 1. The number of pyridine rings is 1. The van der Waals surface area contributed by atoms with Crippen molar-refractivity contribution >= 4 is 35.1 Å². The summed E-state index contributed by atoms with van der Waals surface area (Å²) in [5, 5.41) is 2.96. The molecule has 6 nitrogen and oxygen atoms in total. The maximum Gasteiger partial charge on any atom is 0.307 e. The Morgan fingerprint density at radius 2 is 1.81 bits per heavy atom. The van der Waals surface area contributed by atoms with Crippen molar-refractivity contribution in [3.8, 4) is 0 Å². The van der Waals surface area contributed by atoms with Crippen molar-refractivity contribution < 1.29 is 19.1 Å². The summed E-state index contributed by atoms with van der Waals surface area (Å²) in [5.74, 6) is -0.975. The van der Waals surface area contributed by atoms with Gasteiger partial charge in [-0.2, -0.15) is 0 Å². The molecule has 1 aromatic heterocycles. The van der Waals surface area contributed by atoms with Gasteiger partial charge in [0.25, 0.3) is 5.91 Å². The van der Waals surface area contributed by atoms with E-state index in [1.165, 1.54) is 19.2 Å². The van der Waals surface area contributed by atoms with Gasteiger partial charge in [0.1, 0.15) is 5.82 Å². The zero-order valence-corrected chi connectivity index (χ0v) is 15.2. The Morgan fingerprint density at radius 3 is 2.42 bits per heavy atom. The molecule has 136 valence electrons. The standard InChI is InChI=1S/C19H19ClN2O4/c1-12-3-5-14(6-4-12)16(23)8-10-18(24)26-13(2)19(25)22-17-9-7-15(20)11-21-17/h3-7,9,11,13H,8,10H2,1-2H3,(H,21,22,25). The first-order chi connectivity index (χ1) is 12.3. The van der Waals surface area contributed by atoms with Gasteiger partial charge in [0.05, 0.1) is 11.4 Å². The van der Waals surface area contributed by atoms with Crippen molar-refractivity contribution in [3.05, 3.63) is 58.7 Å². The van der Waals surface area contributed by atoms with E-state index in [2.05, 4.69) is 10.3 Å². The van der Waals surface area contributed by atoms with E-state index in [1.807, 2.05) is 19.1 Å². The number of ether oxygens (including phenoxy) is 1. The van der Waals surface area contributed by atoms with Crippen molar-refractivity contribution in [3.63, 3.8) is 0 Å². The molecule has 0 saturated heterocycles. The molecule has 0 aliphatic carbocycles. The van der Waals surface area contributed by atoms with E-state index in [4.69, 9.17) is 16.3 Å². The summed E-state index contributed by atoms with van der Waals surface area (Å²) in [5.41, 5.74) is 1.60. The average Bonchev–Trinajstić information content (AvgIpc) is 2.62. The van der Waals surface area contributed by atoms with Crippen LogP contribution in [-0.2, 0) is 14.3 Å². The van der Waals surface area contributed by atoms with Crippen LogP contribution in [0.25, 0.3) is 0 Å². The number of hydrogen-bond acceptors (Lipinski definition) is 5. The van der Waals surface area contributed by atoms with Crippen LogP contribution < -0.4 is 5.32 Å². The van der Waals surface area contributed by atoms with Crippen LogP contribution in [0.2, 0.25) is 5.02 Å². The lowest BCUT2D eigenvalue weighted by molar-refractivity contribution is -0.153. The molecule has 2 aromatic rings. The molecule has 0 bridgehead atoms. The molecule has 0 aliphatic heterocycles. The first kappa shape index (κ1) is 19.6. The molecular formula is C19H19ClN2O4. The predicted molar refractivity (Wildman–Crippen MR) is 98.2 cm³/mol. The second-order valence-electron chi connectivity index (χ2n) is 5.77. The van der Waals surface area contributed by atoms with E-state index in [0.29, 0.717) is 16.4 Å². The summed E-state index contributed by atoms with van der Waals surface area (Å²) in [6.07, 6.45) is 0.317. The minimum atomic E-state index is -1.01. The number of rotatable bonds is 7. The van der Waals surface area contributed by atoms with E-state index >= 15 is 0 Å². The van der Waals surface area contributed by atoms with Crippen LogP contribution in [0.3, 0.4) is 0 Å². The van der Waals surface area contributed by atoms with Crippen LogP contribution >= 0.6 is 11.6 Å². The second-order valence-corrected chi connectivity index (χ2v) is 6.21. The number of esters is 1. The Morgan fingerprint density at radius 1 is 1.12 bits per heavy atom. The quantitative estimate of drug-likeness (QED) is 0.591. The number of halogens is 1. The summed E-state index contributed by atoms with van der Waals surface area (Å²) < 4.78 is 5.06. The molecule has 7 heteroatoms. The normalized spacial score (nSPS) is 11.5. The lowest BCUT2D eigenvalue weighted by atomic mass is 10.1. The monoisotopic (exact) mass is 374 g/mol. The summed E-state index contributed by atoms with van der Waals surface area (Å²) in [6, 6.07) is 10.2. The molecule has 1 N–H and O–H groups in total. The Balaban J connectivity index is 1.79. The minimum Gasteiger partial charge on any atom is -0.453 e. The molecular weight excluding hydrogens is 356 g/mol. The van der Waals surface area contributed by atoms with Crippen molar-refractivity contribution in [1.29, 1.82) is 0 Å². The van der Waals surface area contributed by atoms with E-state index < -0.39 is 18.0 Å². The van der Waals surface area contributed by atoms with E-state index in [1.54, 1.807) is 18.2 Å². The molecule has 0 spiro atoms. The highest BCUT2D eigenvalue weighted by molar-refractivity contribution is 6.30. The lowest BCUT2D eigenvalue weighted by Crippen LogP contribution is -2.30. The first-order valence-corrected chi connectivity index (χ1v) is 8.44. The van der Waals surface area contributed by atoms with Gasteiger partial charge in [0.15, 0.2) is 11.9 Å². The number of aryl methyl sites for hydroxylation is 1. The van der Waals surface area contributed by atoms with Crippen molar-refractivity contribution in [2.45, 2.75) is 32.8 Å². The van der Waals surface area contributed by atoms with Crippen LogP contribution in [0.5, 0.6) is 0 Å². The second kappa shape index (κ2) is 9.10. The van der Waals surface area contributed by atoms with Gasteiger partial charge < -0.3 is 10.1 Å². The van der Waals surface area contributed by atoms with Crippen LogP contribution in [0.4, 0.5) is 5.82 Å². The van der Waals surface area contributed by atoms with Gasteiger partial charge in [0, 0.05) is 18.2 Å². The van der Waals surface area contributed by atoms with Gasteiger partial charge in [-0.25, -0.2) is 4.98 Å². The average molecular weight is 375 g/mol. The number of benzene rings is 1. The molecule has 1 amide bonds. The van der Waals surface area contributed by atoms with Crippen molar-refractivity contribution in [2.75, 3.05) is 5.32 Å². The van der Waals surface area contributed by atoms with Crippen LogP contribution in [0, 0.1) is 6.92 Å². The van der Waals surface area contributed by atoms with Gasteiger partial charge in [-0.15, -0.1) is 0 Å². The van der Waals surface area contributed by atoms with Crippen molar-refractivity contribution in [2.24, 2.45) is 0 Å². The number of nitrogens with zero attached hydrogens (tertiary/aromatic N) is 1. The summed E-state index contributed by atoms with van der Waals surface area (Å²) in [6.45, 7) is 3.38. The maximum atomic E-state index is 12.0. The maximum absolute atomic E-state index is 12.0. The highest BCUT2D eigenvalue weighted by Crippen LogP contribution is 2.11. The summed E-state index contributed by atoms with van der Waals surface area (Å²) in [7, 11) is 0. The van der Waals surface area contributed by atoms with E-state index in [9.17, 15) is 14.4 Å². The third-order valence-corrected chi connectivity index (χ3v) is 3.81. The Bertz CT molecular complexity index is 788. The van der Waals surface area contributed by atoms with Crippen molar-refractivity contribution in [1.82, 2.24) is 4.98 Å². The van der Waals surface area contributed by atoms with Gasteiger partial charge >= 0.3 is 5.97 Å². The molecule has 0 fully saturated rings. The zero-order chi connectivity index (χ0) is 19.1. The number of carbonyl (C=O) groups is 3. The number of carbonyl (C=O) groups excluding carboxylic acids is 3. The van der Waals surface area contributed by atoms with E-state index in [0.717, 1.165) is 5.56 Å². The number of ketones is 1. The third-order valence-electron chi connectivity index (χ3n) is 3.59. The van der Waals surface area contributed by atoms with Crippen LogP contribution in [0.15, 0.2) is 42.6 Å². The van der Waals surface area contributed by atoms with Crippen LogP contribution in [-0.4, -0.2) is 28.7 Å². The van der Waals surface area contributed by atoms with E-state index in [-0.39, 0.29) is 18.6 Å². The molecule has 26 heavy (non-hydrogen) atoms. The number of anilines is 1. The fourth-order valence-electron chi connectivity index (χ4n) is 2.09. The lowest BCUT2D eigenvalue weighted by Gasteiger charge is -2.13. The third kappa shape index (κ3) is 5.97. The molecule has 0 saturated carbocycles. The molecule has 2 rings (SSSR count). The minimum absolute atomic E-state index is 0.0228. The number of hydrogen-bond donors (Lipinski definition) is 1. The summed E-state index contributed by atoms with van der Waals surface area (Å²) in [4.78, 5) is 39.8. The van der Waals surface area contributed by atoms with Crippen LogP contribution in [0.1, 0.15) is 35.7 Å².